The number of hydrogen-bond acceptors (Lipinski definition) is 6. The van der Waals surface area contributed by atoms with Crippen LogP contribution in [-0.4, -0.2) is 43.6 Å². The van der Waals surface area contributed by atoms with E-state index in [4.69, 9.17) is 29.9 Å². The Bertz CT molecular complexity index is 4640. The van der Waals surface area contributed by atoms with Gasteiger partial charge in [0, 0.05) is 65.8 Å². The van der Waals surface area contributed by atoms with Gasteiger partial charge in [-0.15, -0.1) is 0 Å². The standard InChI is InChI=1S/C66H41N9/c1-5-21-42(22-6-1)61-67-62(43-23-7-2-8-24-43)70-65(69-61)52-32-16-20-36-57(52)74-55-34-18-13-29-47(55)50-38-39-51-48-30-14-19-35-56(48)75(60(51)59(50)74)66-71-63(44-25-9-3-10-26-44)68-64(72-66)45-37-40-58-53(41-45)49-31-15-17-33-54(49)73(58)46-27-11-4-12-28-46/h1-41H. The van der Waals surface area contributed by atoms with E-state index < -0.39 is 0 Å². The molecule has 5 heterocycles. The number of para-hydroxylation sites is 5. The van der Waals surface area contributed by atoms with Crippen LogP contribution in [0.4, 0.5) is 0 Å². The molecule has 0 fully saturated rings. The quantitative estimate of drug-likeness (QED) is 0.151. The van der Waals surface area contributed by atoms with Crippen molar-refractivity contribution < 1.29 is 0 Å². The molecular weight excluding hydrogens is 919 g/mol. The predicted octanol–water partition coefficient (Wildman–Crippen LogP) is 15.7. The Kier molecular flexibility index (Phi) is 9.67. The lowest BCUT2D eigenvalue weighted by Crippen LogP contribution is -2.07. The van der Waals surface area contributed by atoms with Crippen molar-refractivity contribution >= 4 is 65.4 Å². The van der Waals surface area contributed by atoms with Gasteiger partial charge in [0.15, 0.2) is 29.1 Å². The first-order valence-corrected chi connectivity index (χ1v) is 25.0. The van der Waals surface area contributed by atoms with E-state index in [1.165, 1.54) is 0 Å². The van der Waals surface area contributed by atoms with Crippen molar-refractivity contribution in [2.45, 2.75) is 0 Å². The maximum Gasteiger partial charge on any atom is 0.238 e. The molecule has 0 spiro atoms. The third-order valence-electron chi connectivity index (χ3n) is 14.4. The van der Waals surface area contributed by atoms with Gasteiger partial charge in [0.1, 0.15) is 0 Å². The lowest BCUT2D eigenvalue weighted by atomic mass is 10.1. The normalized spacial score (nSPS) is 11.7. The van der Waals surface area contributed by atoms with E-state index in [9.17, 15) is 0 Å². The summed E-state index contributed by atoms with van der Waals surface area (Å²) in [6.45, 7) is 0. The first-order chi connectivity index (χ1) is 37.2. The largest absolute Gasteiger partial charge is 0.309 e. The van der Waals surface area contributed by atoms with Gasteiger partial charge in [-0.25, -0.2) is 19.9 Å². The van der Waals surface area contributed by atoms with Crippen molar-refractivity contribution in [1.29, 1.82) is 0 Å². The molecule has 0 aliphatic heterocycles. The highest BCUT2D eigenvalue weighted by Gasteiger charge is 2.26. The summed E-state index contributed by atoms with van der Waals surface area (Å²) < 4.78 is 6.95. The van der Waals surface area contributed by atoms with Crippen LogP contribution in [0.3, 0.4) is 0 Å². The summed E-state index contributed by atoms with van der Waals surface area (Å²) in [6, 6.07) is 86.2. The van der Waals surface area contributed by atoms with Gasteiger partial charge >= 0.3 is 0 Å². The molecule has 15 aromatic rings. The molecule has 0 radical (unpaired) electrons. The van der Waals surface area contributed by atoms with Gasteiger partial charge in [0.05, 0.1) is 38.8 Å². The second-order valence-corrected chi connectivity index (χ2v) is 18.7. The average molecular weight is 960 g/mol. The minimum Gasteiger partial charge on any atom is -0.309 e. The molecule has 0 N–H and O–H groups in total. The average Bonchev–Trinajstić information content (AvgIpc) is 4.21. The number of nitrogens with zero attached hydrogens (tertiary/aromatic N) is 9. The van der Waals surface area contributed by atoms with E-state index >= 15 is 0 Å². The van der Waals surface area contributed by atoms with Crippen LogP contribution in [0.2, 0.25) is 0 Å². The molecule has 0 unspecified atom stereocenters. The minimum atomic E-state index is 0.506. The smallest absolute Gasteiger partial charge is 0.238 e. The fraction of sp³-hybridized carbons (Fsp3) is 0. The molecule has 0 bridgehead atoms. The first-order valence-electron chi connectivity index (χ1n) is 25.0. The topological polar surface area (TPSA) is 92.1 Å². The number of benzene rings is 10. The minimum absolute atomic E-state index is 0.506. The number of fused-ring (bicyclic) bond motifs is 10. The second kappa shape index (κ2) is 17.1. The van der Waals surface area contributed by atoms with Crippen molar-refractivity contribution in [3.05, 3.63) is 249 Å². The van der Waals surface area contributed by atoms with Gasteiger partial charge in [-0.1, -0.05) is 188 Å². The van der Waals surface area contributed by atoms with Gasteiger partial charge in [0.2, 0.25) is 5.95 Å². The van der Waals surface area contributed by atoms with Gasteiger partial charge in [-0.3, -0.25) is 4.57 Å². The van der Waals surface area contributed by atoms with Crippen LogP contribution in [0.5, 0.6) is 0 Å². The van der Waals surface area contributed by atoms with Crippen molar-refractivity contribution in [3.63, 3.8) is 0 Å². The summed E-state index contributed by atoms with van der Waals surface area (Å²) in [5.41, 5.74) is 12.7. The summed E-state index contributed by atoms with van der Waals surface area (Å²) >= 11 is 0. The second-order valence-electron chi connectivity index (χ2n) is 18.7. The number of aromatic nitrogens is 9. The maximum absolute atomic E-state index is 5.53. The van der Waals surface area contributed by atoms with Crippen LogP contribution < -0.4 is 0 Å². The lowest BCUT2D eigenvalue weighted by Gasteiger charge is -2.16. The molecule has 0 aliphatic rings. The summed E-state index contributed by atoms with van der Waals surface area (Å²) in [5, 5.41) is 6.60. The van der Waals surface area contributed by atoms with Crippen LogP contribution in [0.1, 0.15) is 0 Å². The van der Waals surface area contributed by atoms with E-state index in [-0.39, 0.29) is 0 Å². The summed E-state index contributed by atoms with van der Waals surface area (Å²) in [7, 11) is 0. The highest BCUT2D eigenvalue weighted by atomic mass is 15.2. The maximum atomic E-state index is 5.53. The van der Waals surface area contributed by atoms with E-state index in [1.54, 1.807) is 0 Å². The van der Waals surface area contributed by atoms with Crippen molar-refractivity contribution in [1.82, 2.24) is 43.6 Å². The molecule has 350 valence electrons. The first kappa shape index (κ1) is 42.3. The third-order valence-corrected chi connectivity index (χ3v) is 14.4. The highest BCUT2D eigenvalue weighted by Crippen LogP contribution is 2.43. The molecule has 0 saturated carbocycles. The molecule has 9 heteroatoms. The zero-order chi connectivity index (χ0) is 49.4. The van der Waals surface area contributed by atoms with E-state index in [0.717, 1.165) is 105 Å². The third kappa shape index (κ3) is 6.86. The van der Waals surface area contributed by atoms with Crippen LogP contribution in [-0.2, 0) is 0 Å². The van der Waals surface area contributed by atoms with E-state index in [0.29, 0.717) is 35.1 Å². The molecule has 9 nitrogen and oxygen atoms in total. The molecular formula is C66H41N9. The Hall–Kier alpha value is -10.4. The summed E-state index contributed by atoms with van der Waals surface area (Å²) in [4.78, 5) is 31.8. The molecule has 0 saturated heterocycles. The molecule has 0 amide bonds. The van der Waals surface area contributed by atoms with Gasteiger partial charge in [-0.05, 0) is 60.7 Å². The molecule has 15 rings (SSSR count). The molecule has 0 atom stereocenters. The number of rotatable bonds is 8. The molecule has 75 heavy (non-hydrogen) atoms. The highest BCUT2D eigenvalue weighted by molar-refractivity contribution is 6.24. The van der Waals surface area contributed by atoms with Crippen LogP contribution >= 0.6 is 0 Å². The van der Waals surface area contributed by atoms with Crippen molar-refractivity contribution in [2.24, 2.45) is 0 Å². The van der Waals surface area contributed by atoms with Gasteiger partial charge in [-0.2, -0.15) is 9.97 Å². The Balaban J connectivity index is 1.01. The Morgan fingerprint density at radius 2 is 0.640 bits per heavy atom. The van der Waals surface area contributed by atoms with Gasteiger partial charge < -0.3 is 9.13 Å². The van der Waals surface area contributed by atoms with Crippen molar-refractivity contribution in [2.75, 3.05) is 0 Å². The van der Waals surface area contributed by atoms with E-state index in [1.807, 2.05) is 78.9 Å². The molecule has 5 aromatic heterocycles. The fourth-order valence-corrected chi connectivity index (χ4v) is 11.0. The van der Waals surface area contributed by atoms with Gasteiger partial charge in [0.25, 0.3) is 0 Å². The fourth-order valence-electron chi connectivity index (χ4n) is 11.0. The van der Waals surface area contributed by atoms with Crippen molar-refractivity contribution in [3.8, 4) is 74.3 Å². The van der Waals surface area contributed by atoms with E-state index in [2.05, 4.69) is 184 Å². The van der Waals surface area contributed by atoms with Crippen LogP contribution in [0.15, 0.2) is 249 Å². The molecule has 0 aliphatic carbocycles. The zero-order valence-corrected chi connectivity index (χ0v) is 40.2. The lowest BCUT2D eigenvalue weighted by molar-refractivity contribution is 0.953. The van der Waals surface area contributed by atoms with Crippen LogP contribution in [0, 0.1) is 0 Å². The SMILES string of the molecule is c1ccc(-c2nc(-c3ccccc3)nc(-c3ccccc3-n3c4ccccc4c4ccc5c6ccccc6n(-c6nc(-c7ccccc7)nc(-c7ccc8c(c7)c7ccccc7n8-c7ccccc7)n6)c5c43)n2)cc1. The summed E-state index contributed by atoms with van der Waals surface area (Å²) in [5.74, 6) is 3.41. The summed E-state index contributed by atoms with van der Waals surface area (Å²) in [6.07, 6.45) is 0. The number of hydrogen-bond donors (Lipinski definition) is 0. The zero-order valence-electron chi connectivity index (χ0n) is 40.2. The van der Waals surface area contributed by atoms with Crippen LogP contribution in [0.25, 0.3) is 140 Å². The Morgan fingerprint density at radius 1 is 0.240 bits per heavy atom. The monoisotopic (exact) mass is 959 g/mol. The Labute approximate surface area is 430 Å². The predicted molar refractivity (Wildman–Crippen MR) is 303 cm³/mol. The Morgan fingerprint density at radius 3 is 1.21 bits per heavy atom. The molecule has 10 aromatic carbocycles.